The van der Waals surface area contributed by atoms with Gasteiger partial charge in [-0.25, -0.2) is 0 Å². The van der Waals surface area contributed by atoms with E-state index in [2.05, 4.69) is 58.5 Å². The van der Waals surface area contributed by atoms with Crippen LogP contribution in [0.25, 0.3) is 10.9 Å². The van der Waals surface area contributed by atoms with Gasteiger partial charge in [0.05, 0.1) is 5.52 Å². The summed E-state index contributed by atoms with van der Waals surface area (Å²) in [7, 11) is 0. The van der Waals surface area contributed by atoms with Crippen LogP contribution in [0.4, 0.5) is 0 Å². The number of ether oxygens (including phenoxy) is 2. The Bertz CT molecular complexity index is 1040. The van der Waals surface area contributed by atoms with Gasteiger partial charge in [-0.2, -0.15) is 0 Å². The maximum Gasteiger partial charge on any atom is 0.161 e. The van der Waals surface area contributed by atoms with E-state index in [1.165, 1.54) is 34.9 Å². The molecule has 3 aromatic rings. The number of aromatic nitrogens is 1. The summed E-state index contributed by atoms with van der Waals surface area (Å²) in [6.45, 7) is 7.69. The predicted octanol–water partition coefficient (Wildman–Crippen LogP) is 4.11. The van der Waals surface area contributed by atoms with Crippen molar-refractivity contribution < 1.29 is 9.47 Å². The predicted molar refractivity (Wildman–Crippen MR) is 124 cm³/mol. The number of likely N-dealkylation sites (tertiary alicyclic amines) is 1. The molecule has 2 aromatic carbocycles. The molecule has 1 saturated heterocycles. The van der Waals surface area contributed by atoms with Gasteiger partial charge in [-0.1, -0.05) is 18.2 Å². The molecule has 0 aliphatic carbocycles. The number of aryl methyl sites for hydroxylation is 1. The van der Waals surface area contributed by atoms with Crippen LogP contribution in [-0.2, 0) is 13.0 Å². The molecule has 2 aliphatic rings. The van der Waals surface area contributed by atoms with Gasteiger partial charge < -0.3 is 19.7 Å². The highest BCUT2D eigenvalue weighted by Gasteiger charge is 2.19. The summed E-state index contributed by atoms with van der Waals surface area (Å²) in [5.74, 6) is 1.74. The molecule has 0 saturated carbocycles. The SMILES string of the molecule is Cc1cnc2cccc(CCN3CCC(NCc4ccc5c(c4)OCCO5)CC3)c2c1. The number of rotatable bonds is 6. The standard InChI is InChI=1S/C26H31N3O2/c1-19-15-23-21(3-2-4-24(23)28-17-19)7-10-29-11-8-22(9-12-29)27-18-20-5-6-25-26(16-20)31-14-13-30-25/h2-6,15-17,22,27H,7-14,18H2,1H3. The topological polar surface area (TPSA) is 46.6 Å². The molecule has 1 fully saturated rings. The molecule has 162 valence electrons. The van der Waals surface area contributed by atoms with E-state index in [1.54, 1.807) is 0 Å². The van der Waals surface area contributed by atoms with E-state index in [0.29, 0.717) is 19.3 Å². The molecule has 5 heteroatoms. The molecule has 3 heterocycles. The van der Waals surface area contributed by atoms with Crippen molar-refractivity contribution in [3.63, 3.8) is 0 Å². The number of piperidine rings is 1. The van der Waals surface area contributed by atoms with Crippen molar-refractivity contribution in [2.24, 2.45) is 0 Å². The van der Waals surface area contributed by atoms with E-state index in [9.17, 15) is 0 Å². The van der Waals surface area contributed by atoms with Gasteiger partial charge in [0.25, 0.3) is 0 Å². The Hall–Kier alpha value is -2.63. The quantitative estimate of drug-likeness (QED) is 0.654. The van der Waals surface area contributed by atoms with Crippen LogP contribution < -0.4 is 14.8 Å². The normalized spacial score (nSPS) is 17.2. The molecule has 0 bridgehead atoms. The molecule has 5 rings (SSSR count). The second kappa shape index (κ2) is 9.25. The minimum atomic E-state index is 0.578. The third-order valence-corrected chi connectivity index (χ3v) is 6.44. The van der Waals surface area contributed by atoms with Crippen LogP contribution in [0.3, 0.4) is 0 Å². The lowest BCUT2D eigenvalue weighted by molar-refractivity contribution is 0.171. The minimum Gasteiger partial charge on any atom is -0.486 e. The van der Waals surface area contributed by atoms with E-state index < -0.39 is 0 Å². The summed E-state index contributed by atoms with van der Waals surface area (Å²) in [4.78, 5) is 7.18. The number of benzene rings is 2. The lowest BCUT2D eigenvalue weighted by Gasteiger charge is -2.32. The average molecular weight is 418 g/mol. The van der Waals surface area contributed by atoms with Crippen LogP contribution in [0.2, 0.25) is 0 Å². The fraction of sp³-hybridized carbons (Fsp3) is 0.423. The first kappa shape index (κ1) is 20.3. The molecule has 1 aromatic heterocycles. The van der Waals surface area contributed by atoms with Gasteiger partial charge in [-0.3, -0.25) is 4.98 Å². The first-order chi connectivity index (χ1) is 15.2. The Morgan fingerprint density at radius 1 is 1.03 bits per heavy atom. The van der Waals surface area contributed by atoms with Crippen LogP contribution >= 0.6 is 0 Å². The first-order valence-electron chi connectivity index (χ1n) is 11.4. The second-order valence-electron chi connectivity index (χ2n) is 8.72. The van der Waals surface area contributed by atoms with Crippen LogP contribution in [0.1, 0.15) is 29.5 Å². The highest BCUT2D eigenvalue weighted by molar-refractivity contribution is 5.82. The Morgan fingerprint density at radius 3 is 2.74 bits per heavy atom. The Balaban J connectivity index is 1.10. The molecule has 1 N–H and O–H groups in total. The number of fused-ring (bicyclic) bond motifs is 2. The lowest BCUT2D eigenvalue weighted by atomic mass is 10.0. The summed E-state index contributed by atoms with van der Waals surface area (Å²) in [5.41, 5.74) is 4.99. The third-order valence-electron chi connectivity index (χ3n) is 6.44. The zero-order chi connectivity index (χ0) is 21.0. The molecule has 5 nitrogen and oxygen atoms in total. The van der Waals surface area contributed by atoms with Gasteiger partial charge in [0.2, 0.25) is 0 Å². The van der Waals surface area contributed by atoms with Crippen LogP contribution in [-0.4, -0.2) is 48.8 Å². The van der Waals surface area contributed by atoms with Crippen LogP contribution in [0.5, 0.6) is 11.5 Å². The Kier molecular flexibility index (Phi) is 6.05. The van der Waals surface area contributed by atoms with Gasteiger partial charge in [-0.05, 0) is 80.2 Å². The number of nitrogens with one attached hydrogen (secondary N) is 1. The van der Waals surface area contributed by atoms with Crippen LogP contribution in [0, 0.1) is 6.92 Å². The van der Waals surface area contributed by atoms with Gasteiger partial charge in [0.1, 0.15) is 13.2 Å². The Morgan fingerprint density at radius 2 is 1.87 bits per heavy atom. The summed E-state index contributed by atoms with van der Waals surface area (Å²) < 4.78 is 11.3. The molecular formula is C26H31N3O2. The van der Waals surface area contributed by atoms with E-state index in [-0.39, 0.29) is 0 Å². The number of pyridine rings is 1. The van der Waals surface area contributed by atoms with Crippen LogP contribution in [0.15, 0.2) is 48.7 Å². The summed E-state index contributed by atoms with van der Waals surface area (Å²) in [6, 6.07) is 15.6. The molecule has 0 amide bonds. The van der Waals surface area contributed by atoms with Gasteiger partial charge in [0, 0.05) is 30.7 Å². The summed E-state index contributed by atoms with van der Waals surface area (Å²) in [6.07, 6.45) is 5.42. The molecule has 0 unspecified atom stereocenters. The van der Waals surface area contributed by atoms with Crippen molar-refractivity contribution in [3.05, 3.63) is 65.4 Å². The highest BCUT2D eigenvalue weighted by atomic mass is 16.6. The molecule has 2 aliphatic heterocycles. The van der Waals surface area contributed by atoms with E-state index in [4.69, 9.17) is 9.47 Å². The van der Waals surface area contributed by atoms with E-state index in [1.807, 2.05) is 12.3 Å². The van der Waals surface area contributed by atoms with E-state index >= 15 is 0 Å². The zero-order valence-electron chi connectivity index (χ0n) is 18.3. The maximum absolute atomic E-state index is 5.70. The summed E-state index contributed by atoms with van der Waals surface area (Å²) >= 11 is 0. The molecule has 0 atom stereocenters. The second-order valence-corrected chi connectivity index (χ2v) is 8.72. The lowest BCUT2D eigenvalue weighted by Crippen LogP contribution is -2.42. The van der Waals surface area contributed by atoms with Gasteiger partial charge >= 0.3 is 0 Å². The minimum absolute atomic E-state index is 0.578. The maximum atomic E-state index is 5.70. The Labute approximate surface area is 184 Å². The fourth-order valence-electron chi connectivity index (χ4n) is 4.63. The molecular weight excluding hydrogens is 386 g/mol. The van der Waals surface area contributed by atoms with Crippen molar-refractivity contribution in [1.29, 1.82) is 0 Å². The fourth-order valence-corrected chi connectivity index (χ4v) is 4.63. The smallest absolute Gasteiger partial charge is 0.161 e. The van der Waals surface area contributed by atoms with E-state index in [0.717, 1.165) is 49.6 Å². The zero-order valence-corrected chi connectivity index (χ0v) is 18.3. The van der Waals surface area contributed by atoms with Gasteiger partial charge in [0.15, 0.2) is 11.5 Å². The molecule has 0 radical (unpaired) electrons. The van der Waals surface area contributed by atoms with Crippen molar-refractivity contribution in [3.8, 4) is 11.5 Å². The van der Waals surface area contributed by atoms with Crippen molar-refractivity contribution in [2.45, 2.75) is 38.8 Å². The monoisotopic (exact) mass is 417 g/mol. The van der Waals surface area contributed by atoms with Crippen molar-refractivity contribution in [1.82, 2.24) is 15.2 Å². The summed E-state index contributed by atoms with van der Waals surface area (Å²) in [5, 5.41) is 5.04. The number of nitrogens with zero attached hydrogens (tertiary/aromatic N) is 2. The van der Waals surface area contributed by atoms with Gasteiger partial charge in [-0.15, -0.1) is 0 Å². The average Bonchev–Trinajstić information content (AvgIpc) is 2.82. The third kappa shape index (κ3) is 4.83. The highest BCUT2D eigenvalue weighted by Crippen LogP contribution is 2.30. The largest absolute Gasteiger partial charge is 0.486 e. The van der Waals surface area contributed by atoms with Crippen molar-refractivity contribution >= 4 is 10.9 Å². The number of hydrogen-bond acceptors (Lipinski definition) is 5. The molecule has 31 heavy (non-hydrogen) atoms. The van der Waals surface area contributed by atoms with Crippen molar-refractivity contribution in [2.75, 3.05) is 32.8 Å². The first-order valence-corrected chi connectivity index (χ1v) is 11.4. The molecule has 0 spiro atoms. The number of hydrogen-bond donors (Lipinski definition) is 1.